The van der Waals surface area contributed by atoms with Gasteiger partial charge in [-0.05, 0) is 45.2 Å². The lowest BCUT2D eigenvalue weighted by atomic mass is 10.1. The normalized spacial score (nSPS) is 14.6. The molecular weight excluding hydrogens is 364 g/mol. The number of rotatable bonds is 5. The molecule has 1 aromatic heterocycles. The van der Waals surface area contributed by atoms with E-state index >= 15 is 0 Å². The van der Waals surface area contributed by atoms with Gasteiger partial charge in [-0.25, -0.2) is 18.1 Å². The van der Waals surface area contributed by atoms with Crippen molar-refractivity contribution < 1.29 is 13.2 Å². The van der Waals surface area contributed by atoms with Crippen molar-refractivity contribution in [2.45, 2.75) is 63.6 Å². The van der Waals surface area contributed by atoms with Crippen molar-refractivity contribution >= 4 is 15.9 Å². The monoisotopic (exact) mass is 390 g/mol. The highest BCUT2D eigenvalue weighted by Crippen LogP contribution is 2.19. The van der Waals surface area contributed by atoms with Crippen LogP contribution in [0.25, 0.3) is 0 Å². The first-order valence-electron chi connectivity index (χ1n) is 9.12. The number of carbonyl (C=O) groups is 1. The molecule has 0 radical (unpaired) electrons. The average molecular weight is 391 g/mol. The maximum atomic E-state index is 12.7. The van der Waals surface area contributed by atoms with Crippen LogP contribution < -0.4 is 10.0 Å². The summed E-state index contributed by atoms with van der Waals surface area (Å²) in [6.45, 7) is 6.28. The Labute approximate surface area is 160 Å². The van der Waals surface area contributed by atoms with Crippen LogP contribution in [0.3, 0.4) is 0 Å². The van der Waals surface area contributed by atoms with Gasteiger partial charge in [0.25, 0.3) is 5.91 Å². The smallest absolute Gasteiger partial charge is 0.269 e. The van der Waals surface area contributed by atoms with Crippen LogP contribution in [0.1, 0.15) is 55.5 Å². The number of amides is 1. The van der Waals surface area contributed by atoms with Crippen molar-refractivity contribution in [2.75, 3.05) is 0 Å². The largest absolute Gasteiger partial charge is 0.347 e. The minimum Gasteiger partial charge on any atom is -0.347 e. The third-order valence-electron chi connectivity index (χ3n) is 4.35. The lowest BCUT2D eigenvalue weighted by Crippen LogP contribution is -2.41. The lowest BCUT2D eigenvalue weighted by Gasteiger charge is -2.21. The summed E-state index contributed by atoms with van der Waals surface area (Å²) in [5, 5.41) is 2.83. The highest BCUT2D eigenvalue weighted by Gasteiger charge is 2.25. The fourth-order valence-electron chi connectivity index (χ4n) is 3.23. The third-order valence-corrected chi connectivity index (χ3v) is 6.20. The molecule has 2 heterocycles. The Balaban J connectivity index is 1.77. The number of imidazole rings is 1. The molecule has 1 aliphatic heterocycles. The Morgan fingerprint density at radius 1 is 1.22 bits per heavy atom. The maximum Gasteiger partial charge on any atom is 0.269 e. The van der Waals surface area contributed by atoms with E-state index in [1.807, 2.05) is 4.57 Å². The number of aryl methyl sites for hydroxylation is 1. The molecule has 1 aromatic carbocycles. The van der Waals surface area contributed by atoms with E-state index < -0.39 is 15.6 Å². The van der Waals surface area contributed by atoms with Gasteiger partial charge < -0.3 is 9.88 Å². The number of nitrogens with one attached hydrogen (secondary N) is 2. The minimum absolute atomic E-state index is 0.126. The lowest BCUT2D eigenvalue weighted by molar-refractivity contribution is 0.0940. The molecule has 2 aromatic rings. The number of fused-ring (bicyclic) bond motifs is 1. The predicted molar refractivity (Wildman–Crippen MR) is 103 cm³/mol. The second-order valence-corrected chi connectivity index (χ2v) is 9.47. The molecule has 0 atom stereocenters. The first-order chi connectivity index (χ1) is 12.7. The molecule has 7 nitrogen and oxygen atoms in total. The van der Waals surface area contributed by atoms with E-state index in [-0.39, 0.29) is 17.3 Å². The Bertz CT molecular complexity index is 942. The summed E-state index contributed by atoms with van der Waals surface area (Å²) in [5.41, 5.74) is 0.477. The second kappa shape index (κ2) is 7.44. The molecule has 0 unspecified atom stereocenters. The number of carbonyl (C=O) groups excluding carboxylic acids is 1. The van der Waals surface area contributed by atoms with Gasteiger partial charge >= 0.3 is 0 Å². The van der Waals surface area contributed by atoms with Gasteiger partial charge in [0.15, 0.2) is 0 Å². The van der Waals surface area contributed by atoms with Gasteiger partial charge in [-0.2, -0.15) is 0 Å². The molecule has 0 fully saturated rings. The molecule has 0 saturated heterocycles. The summed E-state index contributed by atoms with van der Waals surface area (Å²) in [6, 6.07) is 6.70. The molecule has 0 bridgehead atoms. The highest BCUT2D eigenvalue weighted by molar-refractivity contribution is 7.89. The summed E-state index contributed by atoms with van der Waals surface area (Å²) < 4.78 is 30.0. The first-order valence-corrected chi connectivity index (χ1v) is 10.6. The van der Waals surface area contributed by atoms with E-state index in [2.05, 4.69) is 15.0 Å². The van der Waals surface area contributed by atoms with Gasteiger partial charge in [-0.1, -0.05) is 18.2 Å². The Kier molecular flexibility index (Phi) is 5.39. The Morgan fingerprint density at radius 2 is 1.96 bits per heavy atom. The van der Waals surface area contributed by atoms with Crippen molar-refractivity contribution in [1.29, 1.82) is 0 Å². The molecule has 1 amide bonds. The average Bonchev–Trinajstić information content (AvgIpc) is 3.02. The van der Waals surface area contributed by atoms with E-state index in [0.717, 1.165) is 31.6 Å². The SMILES string of the molecule is CC(C)(C)NS(=O)(=O)c1ccccc1CNC(=O)c1cnc2n1CCCC2. The van der Waals surface area contributed by atoms with Crippen molar-refractivity contribution in [2.24, 2.45) is 0 Å². The predicted octanol–water partition coefficient (Wildman–Crippen LogP) is 2.23. The first kappa shape index (κ1) is 19.6. The topological polar surface area (TPSA) is 93.1 Å². The second-order valence-electron chi connectivity index (χ2n) is 7.81. The van der Waals surface area contributed by atoms with Crippen LogP contribution in [0, 0.1) is 0 Å². The summed E-state index contributed by atoms with van der Waals surface area (Å²) in [7, 11) is -3.68. The Morgan fingerprint density at radius 3 is 2.70 bits per heavy atom. The maximum absolute atomic E-state index is 12.7. The van der Waals surface area contributed by atoms with E-state index in [1.54, 1.807) is 51.2 Å². The van der Waals surface area contributed by atoms with Crippen LogP contribution in [0.4, 0.5) is 0 Å². The zero-order chi connectivity index (χ0) is 19.7. The van der Waals surface area contributed by atoms with Crippen LogP contribution >= 0.6 is 0 Å². The van der Waals surface area contributed by atoms with Gasteiger partial charge in [-0.3, -0.25) is 4.79 Å². The van der Waals surface area contributed by atoms with Gasteiger partial charge in [0.2, 0.25) is 10.0 Å². The van der Waals surface area contributed by atoms with Crippen molar-refractivity contribution in [1.82, 2.24) is 19.6 Å². The van der Waals surface area contributed by atoms with E-state index in [0.29, 0.717) is 11.3 Å². The van der Waals surface area contributed by atoms with Crippen molar-refractivity contribution in [3.8, 4) is 0 Å². The fourth-order valence-corrected chi connectivity index (χ4v) is 4.89. The number of nitrogens with zero attached hydrogens (tertiary/aromatic N) is 2. The standard InChI is InChI=1S/C19H26N4O3S/c1-19(2,3)22-27(25,26)16-9-5-4-8-14(16)12-21-18(24)15-13-20-17-10-6-7-11-23(15)17/h4-5,8-9,13,22H,6-7,10-12H2,1-3H3,(H,21,24). The van der Waals surface area contributed by atoms with E-state index in [4.69, 9.17) is 0 Å². The van der Waals surface area contributed by atoms with Crippen molar-refractivity contribution in [3.63, 3.8) is 0 Å². The zero-order valence-electron chi connectivity index (χ0n) is 15.9. The van der Waals surface area contributed by atoms with Crippen LogP contribution in [-0.2, 0) is 29.5 Å². The molecule has 0 spiro atoms. The number of hydrogen-bond donors (Lipinski definition) is 2. The van der Waals surface area contributed by atoms with Crippen LogP contribution in [0.5, 0.6) is 0 Å². The molecule has 0 saturated carbocycles. The molecular formula is C19H26N4O3S. The highest BCUT2D eigenvalue weighted by atomic mass is 32.2. The van der Waals surface area contributed by atoms with Crippen LogP contribution in [0.2, 0.25) is 0 Å². The van der Waals surface area contributed by atoms with Crippen LogP contribution in [0.15, 0.2) is 35.4 Å². The molecule has 8 heteroatoms. The number of hydrogen-bond acceptors (Lipinski definition) is 4. The third kappa shape index (κ3) is 4.56. The molecule has 2 N–H and O–H groups in total. The zero-order valence-corrected chi connectivity index (χ0v) is 16.8. The van der Waals surface area contributed by atoms with E-state index in [1.165, 1.54) is 0 Å². The van der Waals surface area contributed by atoms with Gasteiger partial charge in [0, 0.05) is 25.0 Å². The van der Waals surface area contributed by atoms with Crippen LogP contribution in [-0.4, -0.2) is 29.4 Å². The summed E-state index contributed by atoms with van der Waals surface area (Å²) >= 11 is 0. The molecule has 3 rings (SSSR count). The quantitative estimate of drug-likeness (QED) is 0.819. The molecule has 27 heavy (non-hydrogen) atoms. The fraction of sp³-hybridized carbons (Fsp3) is 0.474. The molecule has 1 aliphatic rings. The van der Waals surface area contributed by atoms with Crippen molar-refractivity contribution in [3.05, 3.63) is 47.5 Å². The van der Waals surface area contributed by atoms with E-state index in [9.17, 15) is 13.2 Å². The van der Waals surface area contributed by atoms with Gasteiger partial charge in [-0.15, -0.1) is 0 Å². The number of sulfonamides is 1. The molecule has 0 aliphatic carbocycles. The summed E-state index contributed by atoms with van der Waals surface area (Å²) in [5.74, 6) is 0.690. The Hall–Kier alpha value is -2.19. The number of benzene rings is 1. The summed E-state index contributed by atoms with van der Waals surface area (Å²) in [4.78, 5) is 17.1. The minimum atomic E-state index is -3.68. The summed E-state index contributed by atoms with van der Waals surface area (Å²) in [6.07, 6.45) is 4.60. The van der Waals surface area contributed by atoms with Gasteiger partial charge in [0.05, 0.1) is 11.1 Å². The number of aromatic nitrogens is 2. The van der Waals surface area contributed by atoms with Gasteiger partial charge in [0.1, 0.15) is 11.5 Å². The molecule has 146 valence electrons.